The molecule has 15 heavy (non-hydrogen) atoms. The zero-order chi connectivity index (χ0) is 11.6. The van der Waals surface area contributed by atoms with E-state index in [1.807, 2.05) is 0 Å². The van der Waals surface area contributed by atoms with Crippen molar-refractivity contribution in [3.63, 3.8) is 0 Å². The molecule has 1 rings (SSSR count). The highest BCUT2D eigenvalue weighted by atomic mass is 19.4. The van der Waals surface area contributed by atoms with Crippen LogP contribution in [0.5, 0.6) is 0 Å². The fraction of sp³-hybridized carbons (Fsp3) is 0.222. The van der Waals surface area contributed by atoms with Gasteiger partial charge < -0.3 is 5.32 Å². The molecule has 0 bridgehead atoms. The first-order valence-electron chi connectivity index (χ1n) is 3.95. The van der Waals surface area contributed by atoms with Gasteiger partial charge in [0.15, 0.2) is 0 Å². The monoisotopic (exact) mass is 221 g/mol. The molecule has 0 atom stereocenters. The Kier molecular flexibility index (Phi) is 2.97. The Balaban J connectivity index is 3.15. The molecule has 0 aliphatic heterocycles. The molecule has 0 spiro atoms. The van der Waals surface area contributed by atoms with Gasteiger partial charge in [-0.1, -0.05) is 0 Å². The normalized spacial score (nSPS) is 11.3. The molecule has 0 fully saturated rings. The van der Waals surface area contributed by atoms with Crippen LogP contribution in [0.4, 0.5) is 17.6 Å². The molecule has 1 amide bonds. The van der Waals surface area contributed by atoms with E-state index in [9.17, 15) is 22.4 Å². The van der Waals surface area contributed by atoms with Gasteiger partial charge >= 0.3 is 6.18 Å². The van der Waals surface area contributed by atoms with E-state index in [2.05, 4.69) is 5.32 Å². The van der Waals surface area contributed by atoms with Crippen molar-refractivity contribution in [1.82, 2.24) is 5.32 Å². The molecular weight excluding hydrogens is 214 g/mol. The van der Waals surface area contributed by atoms with Crippen molar-refractivity contribution in [1.29, 1.82) is 0 Å². The smallest absolute Gasteiger partial charge is 0.355 e. The highest BCUT2D eigenvalue weighted by Crippen LogP contribution is 2.31. The average molecular weight is 221 g/mol. The molecule has 1 aromatic rings. The quantitative estimate of drug-likeness (QED) is 0.723. The first-order valence-corrected chi connectivity index (χ1v) is 3.95. The zero-order valence-electron chi connectivity index (χ0n) is 7.65. The number of carbonyl (C=O) groups is 1. The molecule has 0 radical (unpaired) electrons. The zero-order valence-corrected chi connectivity index (χ0v) is 7.65. The standard InChI is InChI=1S/C9H7F4NO/c1-14-8(15)5-2-3-6(7(10)4-5)9(11,12)13/h2-4H,1H3,(H,14,15). The van der Waals surface area contributed by atoms with Crippen molar-refractivity contribution in [2.24, 2.45) is 0 Å². The number of halogens is 4. The highest BCUT2D eigenvalue weighted by Gasteiger charge is 2.34. The topological polar surface area (TPSA) is 29.1 Å². The van der Waals surface area contributed by atoms with Gasteiger partial charge in [-0.15, -0.1) is 0 Å². The van der Waals surface area contributed by atoms with E-state index >= 15 is 0 Å². The van der Waals surface area contributed by atoms with Gasteiger partial charge in [0.25, 0.3) is 5.91 Å². The van der Waals surface area contributed by atoms with Crippen LogP contribution in [0.25, 0.3) is 0 Å². The molecule has 0 aliphatic carbocycles. The fourth-order valence-electron chi connectivity index (χ4n) is 1.03. The summed E-state index contributed by atoms with van der Waals surface area (Å²) in [6.07, 6.45) is -4.74. The van der Waals surface area contributed by atoms with E-state index in [0.717, 1.165) is 6.07 Å². The second kappa shape index (κ2) is 3.88. The first kappa shape index (κ1) is 11.5. The summed E-state index contributed by atoms with van der Waals surface area (Å²) in [6.45, 7) is 0. The molecule has 0 aromatic heterocycles. The number of hydrogen-bond acceptors (Lipinski definition) is 1. The summed E-state index contributed by atoms with van der Waals surface area (Å²) in [5.74, 6) is -2.09. The molecule has 0 unspecified atom stereocenters. The van der Waals surface area contributed by atoms with Crippen LogP contribution < -0.4 is 5.32 Å². The number of carbonyl (C=O) groups excluding carboxylic acids is 1. The molecule has 6 heteroatoms. The first-order chi connectivity index (χ1) is 6.86. The minimum absolute atomic E-state index is 0.150. The molecule has 82 valence electrons. The number of hydrogen-bond donors (Lipinski definition) is 1. The van der Waals surface area contributed by atoms with Crippen LogP contribution in [0.15, 0.2) is 18.2 Å². The van der Waals surface area contributed by atoms with E-state index in [1.54, 1.807) is 0 Å². The molecule has 0 aliphatic rings. The van der Waals surface area contributed by atoms with Crippen molar-refractivity contribution < 1.29 is 22.4 Å². The Morgan fingerprint density at radius 1 is 1.33 bits per heavy atom. The fourth-order valence-corrected chi connectivity index (χ4v) is 1.03. The lowest BCUT2D eigenvalue weighted by molar-refractivity contribution is -0.140. The summed E-state index contributed by atoms with van der Waals surface area (Å²) in [5.41, 5.74) is -1.53. The Labute approximate surface area is 82.9 Å². The van der Waals surface area contributed by atoms with Crippen molar-refractivity contribution >= 4 is 5.91 Å². The van der Waals surface area contributed by atoms with Gasteiger partial charge in [0.05, 0.1) is 5.56 Å². The molecule has 2 nitrogen and oxygen atoms in total. The Hall–Kier alpha value is -1.59. The van der Waals surface area contributed by atoms with Crippen LogP contribution in [0.3, 0.4) is 0 Å². The van der Waals surface area contributed by atoms with Crippen LogP contribution in [-0.2, 0) is 6.18 Å². The Morgan fingerprint density at radius 2 is 1.93 bits per heavy atom. The average Bonchev–Trinajstić information content (AvgIpc) is 2.14. The summed E-state index contributed by atoms with van der Waals surface area (Å²) in [6, 6.07) is 2.02. The van der Waals surface area contributed by atoms with Crippen LogP contribution in [0.1, 0.15) is 15.9 Å². The molecular formula is C9H7F4NO. The summed E-state index contributed by atoms with van der Waals surface area (Å²) < 4.78 is 49.3. The predicted octanol–water partition coefficient (Wildman–Crippen LogP) is 2.20. The third-order valence-corrected chi connectivity index (χ3v) is 1.76. The van der Waals surface area contributed by atoms with Gasteiger partial charge in [-0.3, -0.25) is 4.79 Å². The van der Waals surface area contributed by atoms with E-state index in [4.69, 9.17) is 0 Å². The maximum absolute atomic E-state index is 12.9. The summed E-state index contributed by atoms with van der Waals surface area (Å²) in [7, 11) is 1.30. The number of nitrogens with one attached hydrogen (secondary N) is 1. The minimum atomic E-state index is -4.74. The second-order valence-electron chi connectivity index (χ2n) is 2.77. The second-order valence-corrected chi connectivity index (χ2v) is 2.77. The molecule has 0 saturated heterocycles. The van der Waals surface area contributed by atoms with E-state index < -0.39 is 23.5 Å². The van der Waals surface area contributed by atoms with E-state index in [-0.39, 0.29) is 5.56 Å². The number of rotatable bonds is 1. The van der Waals surface area contributed by atoms with E-state index in [1.165, 1.54) is 7.05 Å². The molecule has 0 heterocycles. The van der Waals surface area contributed by atoms with Crippen LogP contribution in [0.2, 0.25) is 0 Å². The lowest BCUT2D eigenvalue weighted by atomic mass is 10.1. The van der Waals surface area contributed by atoms with Crippen LogP contribution in [0, 0.1) is 5.82 Å². The van der Waals surface area contributed by atoms with Gasteiger partial charge in [0, 0.05) is 12.6 Å². The number of amides is 1. The van der Waals surface area contributed by atoms with Gasteiger partial charge in [0.2, 0.25) is 0 Å². The van der Waals surface area contributed by atoms with Crippen LogP contribution >= 0.6 is 0 Å². The Bertz CT molecular complexity index is 386. The molecule has 1 aromatic carbocycles. The minimum Gasteiger partial charge on any atom is -0.355 e. The third kappa shape index (κ3) is 2.45. The maximum Gasteiger partial charge on any atom is 0.419 e. The van der Waals surface area contributed by atoms with Crippen LogP contribution in [-0.4, -0.2) is 13.0 Å². The van der Waals surface area contributed by atoms with Crippen molar-refractivity contribution in [2.75, 3.05) is 7.05 Å². The summed E-state index contributed by atoms with van der Waals surface area (Å²) in [5, 5.41) is 2.18. The van der Waals surface area contributed by atoms with Gasteiger partial charge in [-0.25, -0.2) is 4.39 Å². The van der Waals surface area contributed by atoms with E-state index in [0.29, 0.717) is 12.1 Å². The Morgan fingerprint density at radius 3 is 2.33 bits per heavy atom. The number of alkyl halides is 3. The third-order valence-electron chi connectivity index (χ3n) is 1.76. The SMILES string of the molecule is CNC(=O)c1ccc(C(F)(F)F)c(F)c1. The van der Waals surface area contributed by atoms with Crippen molar-refractivity contribution in [3.05, 3.63) is 35.1 Å². The largest absolute Gasteiger partial charge is 0.419 e. The van der Waals surface area contributed by atoms with Gasteiger partial charge in [-0.2, -0.15) is 13.2 Å². The molecule has 0 saturated carbocycles. The number of benzene rings is 1. The van der Waals surface area contributed by atoms with Gasteiger partial charge in [-0.05, 0) is 18.2 Å². The lowest BCUT2D eigenvalue weighted by Crippen LogP contribution is -2.18. The summed E-state index contributed by atoms with van der Waals surface area (Å²) in [4.78, 5) is 11.0. The lowest BCUT2D eigenvalue weighted by Gasteiger charge is -2.08. The van der Waals surface area contributed by atoms with Crippen molar-refractivity contribution in [3.8, 4) is 0 Å². The highest BCUT2D eigenvalue weighted by molar-refractivity contribution is 5.94. The molecule has 1 N–H and O–H groups in total. The summed E-state index contributed by atoms with van der Waals surface area (Å²) >= 11 is 0. The predicted molar refractivity (Wildman–Crippen MR) is 44.8 cm³/mol. The van der Waals surface area contributed by atoms with Gasteiger partial charge in [0.1, 0.15) is 5.82 Å². The maximum atomic E-state index is 12.9. The van der Waals surface area contributed by atoms with Crippen molar-refractivity contribution in [2.45, 2.75) is 6.18 Å².